The lowest BCUT2D eigenvalue weighted by Crippen LogP contribution is -2.38. The molecule has 0 aromatic heterocycles. The van der Waals surface area contributed by atoms with Crippen LogP contribution in [0.1, 0.15) is 12.8 Å². The summed E-state index contributed by atoms with van der Waals surface area (Å²) in [4.78, 5) is 0. The van der Waals surface area contributed by atoms with E-state index in [0.717, 1.165) is 6.42 Å². The van der Waals surface area contributed by atoms with Crippen LogP contribution in [0.25, 0.3) is 0 Å². The second kappa shape index (κ2) is 4.05. The summed E-state index contributed by atoms with van der Waals surface area (Å²) < 4.78 is 24.0. The Hall–Kier alpha value is -0.640. The molecule has 1 saturated heterocycles. The molecule has 5 nitrogen and oxygen atoms in total. The molecule has 1 heterocycles. The maximum absolute atomic E-state index is 11.4. The van der Waals surface area contributed by atoms with Crippen molar-refractivity contribution >= 4 is 10.0 Å². The zero-order chi connectivity index (χ0) is 9.90. The number of aliphatic hydroxyl groups excluding tert-OH is 1. The van der Waals surface area contributed by atoms with Gasteiger partial charge < -0.3 is 5.11 Å². The second-order valence-electron chi connectivity index (χ2n) is 3.00. The number of hydrogen-bond donors (Lipinski definition) is 1. The first-order valence-corrected chi connectivity index (χ1v) is 5.70. The molecule has 1 aliphatic heterocycles. The molecular weight excluding hydrogens is 192 g/mol. The number of sulfonamides is 1. The Morgan fingerprint density at radius 1 is 1.62 bits per heavy atom. The highest BCUT2D eigenvalue weighted by atomic mass is 32.2. The molecule has 0 unspecified atom stereocenters. The van der Waals surface area contributed by atoms with Gasteiger partial charge in [0.25, 0.3) is 0 Å². The van der Waals surface area contributed by atoms with Gasteiger partial charge in [0.05, 0.1) is 12.7 Å². The van der Waals surface area contributed by atoms with Crippen LogP contribution < -0.4 is 0 Å². The molecule has 1 fully saturated rings. The van der Waals surface area contributed by atoms with Crippen molar-refractivity contribution in [3.63, 3.8) is 0 Å². The number of rotatable bonds is 3. The van der Waals surface area contributed by atoms with Crippen LogP contribution in [0, 0.1) is 11.3 Å². The van der Waals surface area contributed by atoms with Crippen molar-refractivity contribution in [2.75, 3.05) is 18.9 Å². The predicted molar refractivity (Wildman–Crippen MR) is 46.2 cm³/mol. The van der Waals surface area contributed by atoms with Crippen molar-refractivity contribution in [3.05, 3.63) is 0 Å². The van der Waals surface area contributed by atoms with Crippen LogP contribution in [0.4, 0.5) is 0 Å². The molecule has 1 N–H and O–H groups in total. The molecular formula is C7H12N2O3S. The fourth-order valence-corrected chi connectivity index (χ4v) is 2.88. The van der Waals surface area contributed by atoms with Crippen LogP contribution in [0.2, 0.25) is 0 Å². The summed E-state index contributed by atoms with van der Waals surface area (Å²) >= 11 is 0. The number of aliphatic hydroxyl groups is 1. The van der Waals surface area contributed by atoms with E-state index in [1.54, 1.807) is 6.07 Å². The van der Waals surface area contributed by atoms with Crippen LogP contribution in [-0.2, 0) is 10.0 Å². The van der Waals surface area contributed by atoms with E-state index >= 15 is 0 Å². The third kappa shape index (κ3) is 2.18. The normalized spacial score (nSPS) is 24.5. The molecule has 0 amide bonds. The van der Waals surface area contributed by atoms with Crippen molar-refractivity contribution in [2.24, 2.45) is 0 Å². The fourth-order valence-electron chi connectivity index (χ4n) is 1.52. The van der Waals surface area contributed by atoms with Gasteiger partial charge in [0, 0.05) is 12.6 Å². The van der Waals surface area contributed by atoms with Crippen LogP contribution in [0.15, 0.2) is 0 Å². The minimum absolute atomic E-state index is 0.162. The molecule has 0 radical (unpaired) electrons. The summed E-state index contributed by atoms with van der Waals surface area (Å²) in [6.45, 7) is 0.264. The SMILES string of the molecule is N#CCS(=O)(=O)N1CCC[C@H]1CO. The van der Waals surface area contributed by atoms with E-state index in [0.29, 0.717) is 13.0 Å². The van der Waals surface area contributed by atoms with Gasteiger partial charge in [-0.2, -0.15) is 9.57 Å². The fraction of sp³-hybridized carbons (Fsp3) is 0.857. The number of hydrogen-bond acceptors (Lipinski definition) is 4. The minimum Gasteiger partial charge on any atom is -0.395 e. The first-order chi connectivity index (χ1) is 6.11. The van der Waals surface area contributed by atoms with Crippen LogP contribution >= 0.6 is 0 Å². The number of nitrogens with zero attached hydrogens (tertiary/aromatic N) is 2. The second-order valence-corrected chi connectivity index (χ2v) is 4.93. The van der Waals surface area contributed by atoms with E-state index in [2.05, 4.69) is 0 Å². The molecule has 0 saturated carbocycles. The van der Waals surface area contributed by atoms with Gasteiger partial charge in [-0.05, 0) is 12.8 Å². The highest BCUT2D eigenvalue weighted by molar-refractivity contribution is 7.89. The van der Waals surface area contributed by atoms with Gasteiger partial charge >= 0.3 is 0 Å². The van der Waals surface area contributed by atoms with Crippen LogP contribution in [0.3, 0.4) is 0 Å². The van der Waals surface area contributed by atoms with Crippen LogP contribution in [-0.4, -0.2) is 42.8 Å². The Kier molecular flexibility index (Phi) is 3.25. The average molecular weight is 204 g/mol. The van der Waals surface area contributed by atoms with E-state index in [4.69, 9.17) is 10.4 Å². The van der Waals surface area contributed by atoms with E-state index < -0.39 is 15.8 Å². The molecule has 0 aromatic rings. The maximum Gasteiger partial charge on any atom is 0.227 e. The quantitative estimate of drug-likeness (QED) is 0.659. The Labute approximate surface area is 77.6 Å². The molecule has 1 aliphatic rings. The average Bonchev–Trinajstić information content (AvgIpc) is 2.51. The summed E-state index contributed by atoms with van der Waals surface area (Å²) in [5.41, 5.74) is 0. The first-order valence-electron chi connectivity index (χ1n) is 4.09. The summed E-state index contributed by atoms with van der Waals surface area (Å²) in [7, 11) is -3.46. The zero-order valence-corrected chi connectivity index (χ0v) is 8.00. The Morgan fingerprint density at radius 3 is 2.85 bits per heavy atom. The highest BCUT2D eigenvalue weighted by Crippen LogP contribution is 2.20. The Morgan fingerprint density at radius 2 is 2.31 bits per heavy atom. The first kappa shape index (κ1) is 10.4. The van der Waals surface area contributed by atoms with Gasteiger partial charge in [-0.25, -0.2) is 8.42 Å². The topological polar surface area (TPSA) is 81.4 Å². The van der Waals surface area contributed by atoms with Crippen molar-refractivity contribution in [1.29, 1.82) is 5.26 Å². The van der Waals surface area contributed by atoms with E-state index in [9.17, 15) is 8.42 Å². The summed E-state index contributed by atoms with van der Waals surface area (Å²) in [6, 6.07) is 1.30. The standard InChI is InChI=1S/C7H12N2O3S/c8-3-5-13(11,12)9-4-1-2-7(9)6-10/h7,10H,1-2,4-6H2/t7-/m0/s1. The van der Waals surface area contributed by atoms with Crippen molar-refractivity contribution in [3.8, 4) is 6.07 Å². The maximum atomic E-state index is 11.4. The minimum atomic E-state index is -3.46. The van der Waals surface area contributed by atoms with Gasteiger partial charge in [0.15, 0.2) is 5.75 Å². The number of nitriles is 1. The lowest BCUT2D eigenvalue weighted by atomic mass is 10.2. The smallest absolute Gasteiger partial charge is 0.227 e. The molecule has 0 spiro atoms. The summed E-state index contributed by atoms with van der Waals surface area (Å²) in [6.07, 6.45) is 1.44. The van der Waals surface area contributed by atoms with Crippen LogP contribution in [0.5, 0.6) is 0 Å². The summed E-state index contributed by atoms with van der Waals surface area (Å²) in [5.74, 6) is -0.497. The molecule has 0 aromatic carbocycles. The molecule has 1 rings (SSSR count). The lowest BCUT2D eigenvalue weighted by molar-refractivity contribution is 0.214. The molecule has 0 bridgehead atoms. The van der Waals surface area contributed by atoms with Crippen molar-refractivity contribution in [2.45, 2.75) is 18.9 Å². The predicted octanol–water partition coefficient (Wildman–Crippen LogP) is -0.704. The summed E-state index contributed by atoms with van der Waals surface area (Å²) in [5, 5.41) is 17.2. The monoisotopic (exact) mass is 204 g/mol. The van der Waals surface area contributed by atoms with Crippen molar-refractivity contribution < 1.29 is 13.5 Å². The molecule has 0 aliphatic carbocycles. The van der Waals surface area contributed by atoms with Gasteiger partial charge in [0.2, 0.25) is 10.0 Å². The largest absolute Gasteiger partial charge is 0.395 e. The lowest BCUT2D eigenvalue weighted by Gasteiger charge is -2.20. The third-order valence-electron chi connectivity index (χ3n) is 2.14. The van der Waals surface area contributed by atoms with Gasteiger partial charge in [-0.3, -0.25) is 0 Å². The molecule has 74 valence electrons. The molecule has 13 heavy (non-hydrogen) atoms. The zero-order valence-electron chi connectivity index (χ0n) is 7.18. The van der Waals surface area contributed by atoms with Gasteiger partial charge in [0.1, 0.15) is 0 Å². The van der Waals surface area contributed by atoms with Gasteiger partial charge in [-0.15, -0.1) is 0 Å². The van der Waals surface area contributed by atoms with E-state index in [1.165, 1.54) is 4.31 Å². The molecule has 6 heteroatoms. The Bertz CT molecular complexity index is 306. The van der Waals surface area contributed by atoms with Crippen molar-refractivity contribution in [1.82, 2.24) is 4.31 Å². The third-order valence-corrected chi connectivity index (χ3v) is 3.83. The molecule has 1 atom stereocenters. The van der Waals surface area contributed by atoms with Gasteiger partial charge in [-0.1, -0.05) is 0 Å². The highest BCUT2D eigenvalue weighted by Gasteiger charge is 2.33. The van der Waals surface area contributed by atoms with E-state index in [1.807, 2.05) is 0 Å². The van der Waals surface area contributed by atoms with E-state index in [-0.39, 0.29) is 12.6 Å². The Balaban J connectivity index is 2.77.